The third-order valence-corrected chi connectivity index (χ3v) is 2.58. The van der Waals surface area contributed by atoms with E-state index in [1.807, 2.05) is 0 Å². The number of nitro benzene ring substituents is 1. The molecule has 3 N–H and O–H groups in total. The molecule has 0 bridgehead atoms. The van der Waals surface area contributed by atoms with E-state index in [0.29, 0.717) is 0 Å². The van der Waals surface area contributed by atoms with Crippen LogP contribution in [0.5, 0.6) is 0 Å². The van der Waals surface area contributed by atoms with Gasteiger partial charge in [0, 0.05) is 23.9 Å². The van der Waals surface area contributed by atoms with E-state index in [4.69, 9.17) is 5.84 Å². The Morgan fingerprint density at radius 1 is 1.40 bits per heavy atom. The van der Waals surface area contributed by atoms with Crippen LogP contribution in [0.3, 0.4) is 0 Å². The van der Waals surface area contributed by atoms with Gasteiger partial charge in [0.2, 0.25) is 0 Å². The molecule has 0 aromatic heterocycles. The fraction of sp³-hybridized carbons (Fsp3) is 0.455. The Kier molecular flexibility index (Phi) is 4.77. The van der Waals surface area contributed by atoms with Crippen LogP contribution in [-0.4, -0.2) is 23.7 Å². The minimum Gasteiger partial charge on any atom is -0.360 e. The SMILES string of the molecule is CC(C)N(CC(F)(F)F)c1cc(NN)cc([N+](=O)[O-])c1. The third-order valence-electron chi connectivity index (χ3n) is 2.58. The Morgan fingerprint density at radius 3 is 2.40 bits per heavy atom. The minimum absolute atomic E-state index is 0.0828. The molecule has 1 aromatic rings. The minimum atomic E-state index is -4.41. The van der Waals surface area contributed by atoms with E-state index in [2.05, 4.69) is 5.43 Å². The fourth-order valence-electron chi connectivity index (χ4n) is 1.71. The molecule has 0 spiro atoms. The average Bonchev–Trinajstić information content (AvgIpc) is 2.33. The number of nitrogens with zero attached hydrogens (tertiary/aromatic N) is 2. The Labute approximate surface area is 113 Å². The lowest BCUT2D eigenvalue weighted by molar-refractivity contribution is -0.384. The van der Waals surface area contributed by atoms with E-state index in [0.717, 1.165) is 17.0 Å². The highest BCUT2D eigenvalue weighted by molar-refractivity contribution is 5.64. The fourth-order valence-corrected chi connectivity index (χ4v) is 1.71. The Morgan fingerprint density at radius 2 is 2.00 bits per heavy atom. The van der Waals surface area contributed by atoms with Crippen molar-refractivity contribution in [2.45, 2.75) is 26.1 Å². The molecule has 9 heteroatoms. The molecular formula is C11H15F3N4O2. The maximum absolute atomic E-state index is 12.6. The first-order valence-corrected chi connectivity index (χ1v) is 5.73. The molecule has 0 saturated heterocycles. The number of non-ortho nitro benzene ring substituents is 1. The van der Waals surface area contributed by atoms with Crippen molar-refractivity contribution in [3.63, 3.8) is 0 Å². The van der Waals surface area contributed by atoms with Crippen molar-refractivity contribution >= 4 is 17.1 Å². The second kappa shape index (κ2) is 5.95. The molecule has 0 saturated carbocycles. The van der Waals surface area contributed by atoms with Gasteiger partial charge in [-0.05, 0) is 19.9 Å². The van der Waals surface area contributed by atoms with Crippen molar-refractivity contribution in [2.75, 3.05) is 16.9 Å². The van der Waals surface area contributed by atoms with Crippen molar-refractivity contribution in [1.82, 2.24) is 0 Å². The van der Waals surface area contributed by atoms with Gasteiger partial charge in [-0.15, -0.1) is 0 Å². The van der Waals surface area contributed by atoms with Crippen molar-refractivity contribution < 1.29 is 18.1 Å². The first kappa shape index (κ1) is 16.0. The number of hydrogen-bond donors (Lipinski definition) is 2. The van der Waals surface area contributed by atoms with Crippen LogP contribution in [-0.2, 0) is 0 Å². The van der Waals surface area contributed by atoms with E-state index in [-0.39, 0.29) is 17.1 Å². The number of hydrogen-bond acceptors (Lipinski definition) is 5. The van der Waals surface area contributed by atoms with Gasteiger partial charge in [0.05, 0.1) is 10.6 Å². The van der Waals surface area contributed by atoms with E-state index in [1.54, 1.807) is 13.8 Å². The molecule has 0 atom stereocenters. The number of nitrogens with two attached hydrogens (primary N) is 1. The van der Waals surface area contributed by atoms with Gasteiger partial charge in [0.15, 0.2) is 0 Å². The summed E-state index contributed by atoms with van der Waals surface area (Å²) >= 11 is 0. The number of alkyl halides is 3. The van der Waals surface area contributed by atoms with Crippen molar-refractivity contribution in [3.8, 4) is 0 Å². The molecule has 1 aromatic carbocycles. The van der Waals surface area contributed by atoms with Crippen LogP contribution in [0.2, 0.25) is 0 Å². The predicted molar refractivity (Wildman–Crippen MR) is 69.4 cm³/mol. The molecule has 112 valence electrons. The second-order valence-corrected chi connectivity index (χ2v) is 4.48. The highest BCUT2D eigenvalue weighted by Crippen LogP contribution is 2.30. The Bertz CT molecular complexity index is 491. The van der Waals surface area contributed by atoms with Crippen molar-refractivity contribution in [3.05, 3.63) is 28.3 Å². The molecule has 0 aliphatic rings. The quantitative estimate of drug-likeness (QED) is 0.495. The number of nitrogens with one attached hydrogen (secondary N) is 1. The van der Waals surface area contributed by atoms with Crippen LogP contribution in [0, 0.1) is 10.1 Å². The monoisotopic (exact) mass is 292 g/mol. The number of anilines is 2. The highest BCUT2D eigenvalue weighted by atomic mass is 19.4. The van der Waals surface area contributed by atoms with E-state index in [1.165, 1.54) is 6.07 Å². The highest BCUT2D eigenvalue weighted by Gasteiger charge is 2.32. The smallest absolute Gasteiger partial charge is 0.360 e. The van der Waals surface area contributed by atoms with Crippen LogP contribution in [0.4, 0.5) is 30.2 Å². The van der Waals surface area contributed by atoms with Crippen molar-refractivity contribution in [2.24, 2.45) is 5.84 Å². The van der Waals surface area contributed by atoms with Crippen LogP contribution >= 0.6 is 0 Å². The third kappa shape index (κ3) is 4.26. The second-order valence-electron chi connectivity index (χ2n) is 4.48. The number of nitro groups is 1. The molecule has 0 aliphatic carbocycles. The van der Waals surface area contributed by atoms with Gasteiger partial charge in [-0.1, -0.05) is 0 Å². The maximum Gasteiger partial charge on any atom is 0.405 e. The predicted octanol–water partition coefficient (Wildman–Crippen LogP) is 2.66. The van der Waals surface area contributed by atoms with E-state index in [9.17, 15) is 23.3 Å². The Hall–Kier alpha value is -2.03. The van der Waals surface area contributed by atoms with Gasteiger partial charge in [-0.3, -0.25) is 16.0 Å². The molecule has 0 radical (unpaired) electrons. The summed E-state index contributed by atoms with van der Waals surface area (Å²) in [6, 6.07) is 3.09. The zero-order valence-corrected chi connectivity index (χ0v) is 10.9. The molecule has 0 aliphatic heterocycles. The van der Waals surface area contributed by atoms with Gasteiger partial charge in [0.1, 0.15) is 6.54 Å². The first-order valence-electron chi connectivity index (χ1n) is 5.73. The van der Waals surface area contributed by atoms with E-state index >= 15 is 0 Å². The number of halogens is 3. The van der Waals surface area contributed by atoms with Crippen LogP contribution in [0.25, 0.3) is 0 Å². The largest absolute Gasteiger partial charge is 0.405 e. The molecule has 6 nitrogen and oxygen atoms in total. The molecule has 0 amide bonds. The topological polar surface area (TPSA) is 84.4 Å². The van der Waals surface area contributed by atoms with Crippen molar-refractivity contribution in [1.29, 1.82) is 0 Å². The lowest BCUT2D eigenvalue weighted by Gasteiger charge is -2.30. The number of benzene rings is 1. The number of rotatable bonds is 5. The zero-order valence-electron chi connectivity index (χ0n) is 10.9. The van der Waals surface area contributed by atoms with Gasteiger partial charge in [0.25, 0.3) is 5.69 Å². The van der Waals surface area contributed by atoms with Gasteiger partial charge >= 0.3 is 6.18 Å². The van der Waals surface area contributed by atoms with E-state index < -0.39 is 23.7 Å². The normalized spacial score (nSPS) is 11.6. The summed E-state index contributed by atoms with van der Waals surface area (Å²) in [5.41, 5.74) is 2.13. The summed E-state index contributed by atoms with van der Waals surface area (Å²) < 4.78 is 37.7. The molecule has 20 heavy (non-hydrogen) atoms. The zero-order chi connectivity index (χ0) is 15.5. The summed E-state index contributed by atoms with van der Waals surface area (Å²) in [5.74, 6) is 5.18. The number of hydrazine groups is 1. The number of nitrogen functional groups attached to an aromatic ring is 1. The maximum atomic E-state index is 12.6. The summed E-state index contributed by atoms with van der Waals surface area (Å²) in [6.45, 7) is 1.94. The molecule has 1 rings (SSSR count). The van der Waals surface area contributed by atoms with Gasteiger partial charge < -0.3 is 10.3 Å². The summed E-state index contributed by atoms with van der Waals surface area (Å²) in [5, 5.41) is 10.8. The van der Waals surface area contributed by atoms with Crippen LogP contribution in [0.15, 0.2) is 18.2 Å². The average molecular weight is 292 g/mol. The van der Waals surface area contributed by atoms with Gasteiger partial charge in [-0.2, -0.15) is 13.2 Å². The lowest BCUT2D eigenvalue weighted by Crippen LogP contribution is -2.39. The standard InChI is InChI=1S/C11H15F3N4O2/c1-7(2)17(6-11(12,13)14)9-3-8(16-15)4-10(5-9)18(19)20/h3-5,7,16H,6,15H2,1-2H3. The Balaban J connectivity index is 3.25. The molecule has 0 heterocycles. The summed E-state index contributed by atoms with van der Waals surface area (Å²) in [4.78, 5) is 11.1. The van der Waals surface area contributed by atoms with Gasteiger partial charge in [-0.25, -0.2) is 0 Å². The molecule has 0 unspecified atom stereocenters. The van der Waals surface area contributed by atoms with Crippen LogP contribution < -0.4 is 16.2 Å². The summed E-state index contributed by atoms with van der Waals surface area (Å²) in [6.07, 6.45) is -4.41. The summed E-state index contributed by atoms with van der Waals surface area (Å²) in [7, 11) is 0. The molecule has 0 fully saturated rings. The van der Waals surface area contributed by atoms with Crippen LogP contribution in [0.1, 0.15) is 13.8 Å². The first-order chi connectivity index (χ1) is 9.14. The molecular weight excluding hydrogens is 277 g/mol. The lowest BCUT2D eigenvalue weighted by atomic mass is 10.2.